The molecule has 0 saturated carbocycles. The van der Waals surface area contributed by atoms with Crippen molar-refractivity contribution in [3.8, 4) is 0 Å². The molecule has 0 saturated heterocycles. The number of aliphatic hydroxyl groups excluding tert-OH is 1. The van der Waals surface area contributed by atoms with Crippen LogP contribution in [0.15, 0.2) is 24.3 Å². The molecule has 1 amide bonds. The molecule has 1 atom stereocenters. The van der Waals surface area contributed by atoms with E-state index in [9.17, 15) is 4.79 Å². The molecule has 0 bridgehead atoms. The van der Waals surface area contributed by atoms with Gasteiger partial charge < -0.3 is 10.4 Å². The van der Waals surface area contributed by atoms with Crippen LogP contribution in [0.5, 0.6) is 0 Å². The van der Waals surface area contributed by atoms with Crippen molar-refractivity contribution in [2.45, 2.75) is 26.5 Å². The van der Waals surface area contributed by atoms with E-state index in [1.807, 2.05) is 31.2 Å². The van der Waals surface area contributed by atoms with Gasteiger partial charge in [0, 0.05) is 24.5 Å². The van der Waals surface area contributed by atoms with Crippen LogP contribution in [0.1, 0.15) is 36.7 Å². The maximum Gasteiger partial charge on any atom is 0.251 e. The van der Waals surface area contributed by atoms with Crippen LogP contribution in [0.4, 0.5) is 0 Å². The molecule has 0 spiro atoms. The van der Waals surface area contributed by atoms with E-state index in [2.05, 4.69) is 19.2 Å². The fraction of sp³-hybridized carbons (Fsp3) is 0.562. The second-order valence-electron chi connectivity index (χ2n) is 5.61. The average molecular weight is 295 g/mol. The Labute approximate surface area is 126 Å². The van der Waals surface area contributed by atoms with Gasteiger partial charge in [0.1, 0.15) is 0 Å². The van der Waals surface area contributed by atoms with Gasteiger partial charge in [-0.25, -0.2) is 0 Å². The van der Waals surface area contributed by atoms with Gasteiger partial charge in [0.25, 0.3) is 5.91 Å². The molecule has 0 aliphatic heterocycles. The Hall–Kier alpha value is -1.00. The van der Waals surface area contributed by atoms with Crippen molar-refractivity contribution in [1.29, 1.82) is 0 Å². The second-order valence-corrected chi connectivity index (χ2v) is 6.64. The minimum Gasteiger partial charge on any atom is -0.396 e. The van der Waals surface area contributed by atoms with Crippen LogP contribution in [-0.2, 0) is 5.75 Å². The van der Waals surface area contributed by atoms with Gasteiger partial charge in [0.15, 0.2) is 0 Å². The number of benzene rings is 1. The Kier molecular flexibility index (Phi) is 7.70. The predicted molar refractivity (Wildman–Crippen MR) is 86.0 cm³/mol. The Balaban J connectivity index is 2.50. The zero-order valence-electron chi connectivity index (χ0n) is 12.6. The maximum absolute atomic E-state index is 12.0. The molecule has 1 rings (SSSR count). The van der Waals surface area contributed by atoms with Gasteiger partial charge in [-0.2, -0.15) is 11.8 Å². The van der Waals surface area contributed by atoms with E-state index in [0.717, 1.165) is 22.6 Å². The molecular formula is C16H25NO2S. The van der Waals surface area contributed by atoms with Gasteiger partial charge >= 0.3 is 0 Å². The normalized spacial score (nSPS) is 12.4. The Morgan fingerprint density at radius 1 is 1.35 bits per heavy atom. The van der Waals surface area contributed by atoms with Crippen molar-refractivity contribution in [3.63, 3.8) is 0 Å². The molecule has 1 aromatic carbocycles. The van der Waals surface area contributed by atoms with Crippen molar-refractivity contribution in [2.24, 2.45) is 11.8 Å². The van der Waals surface area contributed by atoms with E-state index in [4.69, 9.17) is 5.11 Å². The van der Waals surface area contributed by atoms with Crippen LogP contribution in [-0.4, -0.2) is 29.9 Å². The maximum atomic E-state index is 12.0. The third-order valence-electron chi connectivity index (χ3n) is 2.84. The predicted octanol–water partition coefficient (Wildman–Crippen LogP) is 2.93. The number of hydrogen-bond acceptors (Lipinski definition) is 3. The van der Waals surface area contributed by atoms with E-state index in [1.165, 1.54) is 0 Å². The highest BCUT2D eigenvalue weighted by Gasteiger charge is 2.07. The molecule has 0 heterocycles. The van der Waals surface area contributed by atoms with Crippen LogP contribution in [0.25, 0.3) is 0 Å². The minimum absolute atomic E-state index is 0.00530. The van der Waals surface area contributed by atoms with E-state index >= 15 is 0 Å². The third-order valence-corrected chi connectivity index (χ3v) is 4.19. The van der Waals surface area contributed by atoms with Crippen molar-refractivity contribution in [1.82, 2.24) is 5.32 Å². The molecular weight excluding hydrogens is 270 g/mol. The van der Waals surface area contributed by atoms with Crippen LogP contribution in [0.2, 0.25) is 0 Å². The summed E-state index contributed by atoms with van der Waals surface area (Å²) in [4.78, 5) is 12.0. The lowest BCUT2D eigenvalue weighted by molar-refractivity contribution is 0.0949. The topological polar surface area (TPSA) is 49.3 Å². The Morgan fingerprint density at radius 3 is 2.75 bits per heavy atom. The number of carbonyl (C=O) groups excluding carboxylic acids is 1. The SMILES string of the molecule is CC(C)CNC(=O)c1cccc(CSCC(C)CO)c1. The van der Waals surface area contributed by atoms with Gasteiger partial charge in [0.2, 0.25) is 0 Å². The first kappa shape index (κ1) is 17.1. The molecule has 0 aliphatic carbocycles. The van der Waals surface area contributed by atoms with E-state index in [1.54, 1.807) is 11.8 Å². The summed E-state index contributed by atoms with van der Waals surface area (Å²) >= 11 is 1.79. The highest BCUT2D eigenvalue weighted by atomic mass is 32.2. The fourth-order valence-corrected chi connectivity index (χ4v) is 2.67. The van der Waals surface area contributed by atoms with E-state index in [-0.39, 0.29) is 12.5 Å². The lowest BCUT2D eigenvalue weighted by atomic mass is 10.1. The van der Waals surface area contributed by atoms with Crippen molar-refractivity contribution in [2.75, 3.05) is 18.9 Å². The van der Waals surface area contributed by atoms with Crippen LogP contribution >= 0.6 is 11.8 Å². The highest BCUT2D eigenvalue weighted by Crippen LogP contribution is 2.16. The summed E-state index contributed by atoms with van der Waals surface area (Å²) in [7, 11) is 0. The molecule has 3 nitrogen and oxygen atoms in total. The number of carbonyl (C=O) groups is 1. The molecule has 0 radical (unpaired) electrons. The molecule has 1 unspecified atom stereocenters. The molecule has 4 heteroatoms. The second kappa shape index (κ2) is 9.03. The number of thioether (sulfide) groups is 1. The summed E-state index contributed by atoms with van der Waals surface area (Å²) < 4.78 is 0. The Morgan fingerprint density at radius 2 is 2.10 bits per heavy atom. The van der Waals surface area contributed by atoms with Gasteiger partial charge in [0.05, 0.1) is 0 Å². The first-order valence-electron chi connectivity index (χ1n) is 7.08. The lowest BCUT2D eigenvalue weighted by Crippen LogP contribution is -2.27. The smallest absolute Gasteiger partial charge is 0.251 e. The molecule has 0 aromatic heterocycles. The number of nitrogens with one attached hydrogen (secondary N) is 1. The van der Waals surface area contributed by atoms with E-state index < -0.39 is 0 Å². The van der Waals surface area contributed by atoms with E-state index in [0.29, 0.717) is 18.4 Å². The van der Waals surface area contributed by atoms with Crippen molar-refractivity contribution < 1.29 is 9.90 Å². The van der Waals surface area contributed by atoms with Gasteiger partial charge in [-0.05, 0) is 35.3 Å². The zero-order chi connectivity index (χ0) is 15.0. The summed E-state index contributed by atoms with van der Waals surface area (Å²) in [5.41, 5.74) is 1.87. The monoisotopic (exact) mass is 295 g/mol. The summed E-state index contributed by atoms with van der Waals surface area (Å²) in [5.74, 6) is 2.57. The molecule has 1 aromatic rings. The van der Waals surface area contributed by atoms with Crippen molar-refractivity contribution >= 4 is 17.7 Å². The van der Waals surface area contributed by atoms with Gasteiger partial charge in [-0.3, -0.25) is 4.79 Å². The molecule has 20 heavy (non-hydrogen) atoms. The van der Waals surface area contributed by atoms with Crippen LogP contribution in [0.3, 0.4) is 0 Å². The van der Waals surface area contributed by atoms with Gasteiger partial charge in [-0.15, -0.1) is 0 Å². The fourth-order valence-electron chi connectivity index (χ4n) is 1.63. The van der Waals surface area contributed by atoms with Crippen LogP contribution < -0.4 is 5.32 Å². The minimum atomic E-state index is -0.00530. The van der Waals surface area contributed by atoms with Crippen LogP contribution in [0, 0.1) is 11.8 Å². The Bertz CT molecular complexity index is 421. The standard InChI is InChI=1S/C16H25NO2S/c1-12(2)8-17-16(19)15-6-4-5-14(7-15)11-20-10-13(3)9-18/h4-7,12-13,18H,8-11H2,1-3H3,(H,17,19). The average Bonchev–Trinajstić information content (AvgIpc) is 2.44. The summed E-state index contributed by atoms with van der Waals surface area (Å²) in [6.45, 7) is 7.12. The molecule has 0 fully saturated rings. The molecule has 112 valence electrons. The zero-order valence-corrected chi connectivity index (χ0v) is 13.4. The summed E-state index contributed by atoms with van der Waals surface area (Å²) in [6, 6.07) is 7.76. The third kappa shape index (κ3) is 6.44. The number of rotatable bonds is 8. The summed E-state index contributed by atoms with van der Waals surface area (Å²) in [5, 5.41) is 11.9. The van der Waals surface area contributed by atoms with Crippen molar-refractivity contribution in [3.05, 3.63) is 35.4 Å². The summed E-state index contributed by atoms with van der Waals surface area (Å²) in [6.07, 6.45) is 0. The first-order chi connectivity index (χ1) is 9.52. The number of amides is 1. The highest BCUT2D eigenvalue weighted by molar-refractivity contribution is 7.98. The number of aliphatic hydroxyl groups is 1. The first-order valence-corrected chi connectivity index (χ1v) is 8.24. The largest absolute Gasteiger partial charge is 0.396 e. The molecule has 2 N–H and O–H groups in total. The lowest BCUT2D eigenvalue weighted by Gasteiger charge is -2.10. The van der Waals surface area contributed by atoms with Gasteiger partial charge in [-0.1, -0.05) is 32.9 Å². The number of hydrogen-bond donors (Lipinski definition) is 2. The molecule has 0 aliphatic rings. The quantitative estimate of drug-likeness (QED) is 0.775.